The van der Waals surface area contributed by atoms with Crippen LogP contribution in [-0.4, -0.2) is 263 Å². The minimum atomic E-state index is -4.30. The van der Waals surface area contributed by atoms with Gasteiger partial charge < -0.3 is 137 Å². The number of nitrogens with zero attached hydrogens (tertiary/aromatic N) is 19. The maximum absolute atomic E-state index is 16.0. The molecule has 10 aliphatic rings. The highest BCUT2D eigenvalue weighted by molar-refractivity contribution is 8.44. The van der Waals surface area contributed by atoms with Gasteiger partial charge in [0.25, 0.3) is 16.7 Å². The summed E-state index contributed by atoms with van der Waals surface area (Å²) in [6.07, 6.45) is -5.83. The van der Waals surface area contributed by atoms with Crippen LogP contribution >= 0.6 is 52.6 Å². The number of halogens is 1. The van der Waals surface area contributed by atoms with Crippen molar-refractivity contribution in [3.63, 3.8) is 0 Å². The van der Waals surface area contributed by atoms with E-state index in [2.05, 4.69) is 92.0 Å². The van der Waals surface area contributed by atoms with Crippen LogP contribution in [0.5, 0.6) is 0 Å². The van der Waals surface area contributed by atoms with Crippen LogP contribution in [0.4, 0.5) is 39.7 Å². The number of H-pyrrole nitrogens is 3. The third-order valence-corrected chi connectivity index (χ3v) is 32.0. The molecule has 22 rings (SSSR count). The molecular formula is C63H73FN28O28P6S6. The number of anilines is 6. The highest BCUT2D eigenvalue weighted by Gasteiger charge is 2.66. The Labute approximate surface area is 765 Å². The number of fused-ring (bicyclic) bond motifs is 14. The van der Waals surface area contributed by atoms with Gasteiger partial charge in [-0.05, 0) is 71.2 Å². The molecule has 20 N–H and O–H groups in total. The molecule has 12 aromatic heterocycles. The molecule has 10 saturated heterocycles. The average molecular weight is 2070 g/mol. The second kappa shape index (κ2) is 35.2. The average Bonchev–Trinajstić information content (AvgIpc) is 1.55. The fourth-order valence-corrected chi connectivity index (χ4v) is 25.5. The molecule has 10 aliphatic heterocycles. The summed E-state index contributed by atoms with van der Waals surface area (Å²) in [6.45, 7) is -26.3. The lowest BCUT2D eigenvalue weighted by Gasteiger charge is -2.33. The highest BCUT2D eigenvalue weighted by atomic mass is 32.7. The summed E-state index contributed by atoms with van der Waals surface area (Å²) >= 11 is 30.8. The van der Waals surface area contributed by atoms with Crippen LogP contribution in [0.25, 0.3) is 66.7 Å². The smallest absolute Gasteiger partial charge is 0.383 e. The predicted molar refractivity (Wildman–Crippen MR) is 471 cm³/mol. The number of nitrogens with two attached hydrogens (primary N) is 6. The lowest BCUT2D eigenvalue weighted by atomic mass is 10.0. The SMILES string of the molecule is Nc1nc2c(ncn2[C@@H]2O[C@@H]3COP(O)(=S)O[C@H]4C[C@H](n5ccc6c(N)ncnc65)OC4COP(=O)(S)O[C@@H]2C3)c(=O)[nH]1.Nc1nc2c(ncn2[C@@H]2O[C@@H]3COP(O)(=S)O[C@H]4C[C@H](n5ccc6c(N)ncnc65)OC4COP(O)(=S)O[C@@H]2C3)c(=O)[nH]1.Nc1nc2c(ncn2[C@@H]2O[C@@H]3COP(O)(=S)O[C@H]4[C@H]5OC[C@]4(COP(O)(=S)O[C@@H]2[C@H]3F)O[C@H]5n2cnc3c(N)ncnc32)c(=O)[nH]1. The van der Waals surface area contributed by atoms with Crippen LogP contribution < -0.4 is 51.1 Å². The van der Waals surface area contributed by atoms with Crippen molar-refractivity contribution in [2.24, 2.45) is 0 Å². The first-order chi connectivity index (χ1) is 62.8. The van der Waals surface area contributed by atoms with Crippen LogP contribution in [0.3, 0.4) is 0 Å². The van der Waals surface area contributed by atoms with Crippen LogP contribution in [0, 0.1) is 0 Å². The molecule has 26 atom stereocenters. The molecule has 69 heteroatoms. The van der Waals surface area contributed by atoms with E-state index < -0.39 is 193 Å². The third kappa shape index (κ3) is 18.0. The largest absolute Gasteiger partial charge is 0.386 e. The first-order valence-electron chi connectivity index (χ1n) is 39.2. The number of ether oxygens (including phenoxy) is 7. The summed E-state index contributed by atoms with van der Waals surface area (Å²) < 4.78 is 151. The van der Waals surface area contributed by atoms with Crippen LogP contribution in [0.15, 0.2) is 83.2 Å². The fraction of sp³-hybridized carbons (Fsp3) is 0.492. The van der Waals surface area contributed by atoms with E-state index in [9.17, 15) is 43.4 Å². The van der Waals surface area contributed by atoms with Crippen molar-refractivity contribution in [1.29, 1.82) is 0 Å². The monoisotopic (exact) mass is 2070 g/mol. The summed E-state index contributed by atoms with van der Waals surface area (Å²) in [7, 11) is 0. The molecule has 10 fully saturated rings. The molecule has 56 nitrogen and oxygen atoms in total. The van der Waals surface area contributed by atoms with Gasteiger partial charge in [0.1, 0.15) is 114 Å². The molecule has 706 valence electrons. The zero-order chi connectivity index (χ0) is 92.4. The zero-order valence-corrected chi connectivity index (χ0v) is 77.1. The van der Waals surface area contributed by atoms with Gasteiger partial charge in [0.15, 0.2) is 76.0 Å². The van der Waals surface area contributed by atoms with Crippen LogP contribution in [0.2, 0.25) is 0 Å². The minimum Gasteiger partial charge on any atom is -0.383 e. The lowest BCUT2D eigenvalue weighted by molar-refractivity contribution is -0.183. The van der Waals surface area contributed by atoms with Gasteiger partial charge in [-0.2, -0.15) is 15.0 Å². The Hall–Kier alpha value is -7.56. The Bertz CT molecular complexity index is 6800. The summed E-state index contributed by atoms with van der Waals surface area (Å²) in [5.41, 5.74) is 33.6. The van der Waals surface area contributed by atoms with Crippen molar-refractivity contribution in [2.75, 3.05) is 80.7 Å². The standard InChI is InChI=1S/C21H23FN10O10P2S2.2C21H25N9O9P2S2/c22-8-7-1-37-43(34,45)42-13-12-19(31-5-27-9-14(23)25-4-26-15(9)31)40-21(13,2-36-12)3-38-44(35,46)41-11(8)18(39-7)32-6-28-10-16(32)29-20(24)30-17(10)33;2*22-16-10-1-2-29(17(10)25-7-24-16)14-4-11-13(37-14)6-35-41(33,43)39-12-3-9(5-34-40(32,42)38-11)36-20(12)30-8-26-15-18(30)27-21(23)28-19(15)31/h4-8,11-13,18-19H,1-3H2,(H,34,45)(H,35,46)(H2,23,25,26)(H3,24,29,30,33);2*1-2,7-9,11-14,20H,3-6H2,(H,32,42)(H,33,43)(H2,22,24,25)(H3,23,27,28,31)/t7-,8+,11-,12-,13+,18-,19-,21-,43?,44?;2*9-,11-,12+,13?,14+,20+,40?,41?/m100/s1. The normalized spacial score (nSPS) is 36.9. The molecule has 8 bridgehead atoms. The van der Waals surface area contributed by atoms with Gasteiger partial charge >= 0.3 is 40.4 Å². The molecule has 0 saturated carbocycles. The number of nitrogens with one attached hydrogen (secondary N) is 3. The quantitative estimate of drug-likeness (QED) is 0.0821. The molecule has 0 aromatic carbocycles. The van der Waals surface area contributed by atoms with Crippen LogP contribution in [-0.2, 0) is 151 Å². The van der Waals surface area contributed by atoms with E-state index in [1.165, 1.54) is 51.7 Å². The molecule has 0 spiro atoms. The molecule has 12 aromatic rings. The van der Waals surface area contributed by atoms with E-state index in [0.717, 1.165) is 6.33 Å². The van der Waals surface area contributed by atoms with E-state index in [-0.39, 0.29) is 116 Å². The Morgan fingerprint density at radius 2 is 0.833 bits per heavy atom. The highest BCUT2D eigenvalue weighted by Crippen LogP contribution is 2.62. The van der Waals surface area contributed by atoms with Gasteiger partial charge in [-0.25, -0.2) is 58.8 Å². The van der Waals surface area contributed by atoms with Crippen molar-refractivity contribution in [3.8, 4) is 0 Å². The second-order valence-corrected chi connectivity index (χ2v) is 47.8. The molecule has 0 aliphatic carbocycles. The Morgan fingerprint density at radius 3 is 1.34 bits per heavy atom. The van der Waals surface area contributed by atoms with Gasteiger partial charge in [-0.15, -0.1) is 0 Å². The minimum absolute atomic E-state index is 0.0128. The van der Waals surface area contributed by atoms with Crippen molar-refractivity contribution in [3.05, 3.63) is 99.9 Å². The topological polar surface area (TPSA) is 745 Å². The summed E-state index contributed by atoms with van der Waals surface area (Å²) in [5.74, 6) is 0.265. The lowest BCUT2D eigenvalue weighted by Crippen LogP contribution is -2.45. The Balaban J connectivity index is 0.000000123. The van der Waals surface area contributed by atoms with E-state index in [4.69, 9.17) is 181 Å². The van der Waals surface area contributed by atoms with Crippen molar-refractivity contribution in [1.82, 2.24) is 107 Å². The van der Waals surface area contributed by atoms with Crippen molar-refractivity contribution < 1.29 is 121 Å². The number of hydrogen-bond acceptors (Lipinski definition) is 47. The maximum atomic E-state index is 16.0. The summed E-state index contributed by atoms with van der Waals surface area (Å²) in [6, 6.07) is 3.51. The Morgan fingerprint density at radius 1 is 0.417 bits per heavy atom. The predicted octanol–water partition coefficient (Wildman–Crippen LogP) is 1.21. The van der Waals surface area contributed by atoms with Crippen molar-refractivity contribution >= 4 is 214 Å². The van der Waals surface area contributed by atoms with Gasteiger partial charge in [-0.3, -0.25) is 65.7 Å². The summed E-state index contributed by atoms with van der Waals surface area (Å²) in [5, 5.41) is 1.27. The third-order valence-electron chi connectivity index (χ3n) is 22.5. The fourth-order valence-electron chi connectivity index (χ4n) is 16.7. The number of thiol groups is 1. The number of aromatic nitrogens is 22. The molecule has 132 heavy (non-hydrogen) atoms. The molecule has 0 amide bonds. The van der Waals surface area contributed by atoms with Gasteiger partial charge in [0.05, 0.1) is 107 Å². The van der Waals surface area contributed by atoms with E-state index in [1.807, 2.05) is 0 Å². The van der Waals surface area contributed by atoms with E-state index in [1.54, 1.807) is 38.2 Å². The van der Waals surface area contributed by atoms with E-state index in [0.29, 0.717) is 44.9 Å². The number of nitrogen functional groups attached to an aromatic ring is 6. The van der Waals surface area contributed by atoms with Crippen LogP contribution in [0.1, 0.15) is 63.1 Å². The van der Waals surface area contributed by atoms with Crippen molar-refractivity contribution in [2.45, 2.75) is 148 Å². The molecule has 22 heterocycles. The first-order valence-corrected chi connectivity index (χ1v) is 54.8. The van der Waals surface area contributed by atoms with Gasteiger partial charge in [-0.1, -0.05) is 12.2 Å². The number of aromatic amines is 3. The number of imidazole rings is 4. The zero-order valence-electron chi connectivity index (χ0n) is 66.7. The first kappa shape index (κ1) is 92.2. The number of alkyl halides is 1. The maximum Gasteiger partial charge on any atom is 0.386 e. The van der Waals surface area contributed by atoms with Gasteiger partial charge in [0, 0.05) is 38.1 Å². The molecule has 0 radical (unpaired) electrons. The van der Waals surface area contributed by atoms with Gasteiger partial charge in [0.2, 0.25) is 17.8 Å². The molecular weight excluding hydrogens is 1990 g/mol. The summed E-state index contributed by atoms with van der Waals surface area (Å²) in [4.78, 5) is 153. The molecule has 8 unspecified atom stereocenters. The second-order valence-electron chi connectivity index (χ2n) is 30.9. The Kier molecular flexibility index (Phi) is 24.5. The number of hydrogen-bond donors (Lipinski definition) is 15. The number of rotatable bonds is 6. The van der Waals surface area contributed by atoms with E-state index >= 15 is 4.39 Å².